The Balaban J connectivity index is 1.64. The SMILES string of the molecule is Cc1ccc(C(=O)NCc2nc3ccccc3n2Cc2c(Cl)cccc2Cl)cc1. The van der Waals surface area contributed by atoms with Gasteiger partial charge in [-0.15, -0.1) is 0 Å². The van der Waals surface area contributed by atoms with Crippen molar-refractivity contribution in [1.29, 1.82) is 0 Å². The van der Waals surface area contributed by atoms with Gasteiger partial charge in [0.05, 0.1) is 24.1 Å². The lowest BCUT2D eigenvalue weighted by Crippen LogP contribution is -2.25. The summed E-state index contributed by atoms with van der Waals surface area (Å²) in [7, 11) is 0. The van der Waals surface area contributed by atoms with Crippen molar-refractivity contribution in [2.45, 2.75) is 20.0 Å². The number of imidazole rings is 1. The largest absolute Gasteiger partial charge is 0.345 e. The number of para-hydroxylation sites is 2. The fourth-order valence-electron chi connectivity index (χ4n) is 3.24. The van der Waals surface area contributed by atoms with E-state index in [-0.39, 0.29) is 5.91 Å². The summed E-state index contributed by atoms with van der Waals surface area (Å²) < 4.78 is 2.04. The van der Waals surface area contributed by atoms with Gasteiger partial charge in [-0.1, -0.05) is 59.1 Å². The first kappa shape index (κ1) is 19.5. The normalized spacial score (nSPS) is 11.0. The zero-order valence-corrected chi connectivity index (χ0v) is 17.3. The molecule has 0 atom stereocenters. The molecule has 29 heavy (non-hydrogen) atoms. The third kappa shape index (κ3) is 4.14. The van der Waals surface area contributed by atoms with Crippen molar-refractivity contribution < 1.29 is 4.79 Å². The molecule has 1 N–H and O–H groups in total. The third-order valence-corrected chi connectivity index (χ3v) is 5.54. The molecule has 0 saturated carbocycles. The molecule has 0 aliphatic carbocycles. The zero-order valence-electron chi connectivity index (χ0n) is 15.8. The molecule has 4 aromatic rings. The van der Waals surface area contributed by atoms with E-state index in [2.05, 4.69) is 5.32 Å². The van der Waals surface area contributed by atoms with E-state index >= 15 is 0 Å². The Morgan fingerprint density at radius 3 is 2.38 bits per heavy atom. The van der Waals surface area contributed by atoms with Crippen LogP contribution in [0.1, 0.15) is 27.3 Å². The van der Waals surface area contributed by atoms with E-state index in [4.69, 9.17) is 28.2 Å². The summed E-state index contributed by atoms with van der Waals surface area (Å²) in [5, 5.41) is 4.17. The summed E-state index contributed by atoms with van der Waals surface area (Å²) in [6, 6.07) is 20.8. The van der Waals surface area contributed by atoms with Crippen LogP contribution in [0.3, 0.4) is 0 Å². The molecule has 6 heteroatoms. The average molecular weight is 424 g/mol. The van der Waals surface area contributed by atoms with Crippen molar-refractivity contribution in [3.8, 4) is 0 Å². The molecule has 146 valence electrons. The summed E-state index contributed by atoms with van der Waals surface area (Å²) in [4.78, 5) is 17.2. The monoisotopic (exact) mass is 423 g/mol. The van der Waals surface area contributed by atoms with Gasteiger partial charge in [-0.3, -0.25) is 4.79 Å². The summed E-state index contributed by atoms with van der Waals surface area (Å²) in [6.07, 6.45) is 0. The third-order valence-electron chi connectivity index (χ3n) is 4.83. The highest BCUT2D eigenvalue weighted by molar-refractivity contribution is 6.36. The molecule has 0 unspecified atom stereocenters. The second-order valence-corrected chi connectivity index (χ2v) is 7.67. The van der Waals surface area contributed by atoms with Gasteiger partial charge in [0.25, 0.3) is 5.91 Å². The Hall–Kier alpha value is -2.82. The number of aryl methyl sites for hydroxylation is 1. The average Bonchev–Trinajstić information content (AvgIpc) is 3.07. The Labute approximate surface area is 179 Å². The maximum Gasteiger partial charge on any atom is 0.251 e. The fourth-order valence-corrected chi connectivity index (χ4v) is 3.76. The molecule has 0 bridgehead atoms. The van der Waals surface area contributed by atoms with Gasteiger partial charge in [0.1, 0.15) is 5.82 Å². The van der Waals surface area contributed by atoms with E-state index < -0.39 is 0 Å². The van der Waals surface area contributed by atoms with Crippen molar-refractivity contribution in [3.63, 3.8) is 0 Å². The Bertz CT molecular complexity index is 1160. The van der Waals surface area contributed by atoms with Crippen LogP contribution in [-0.4, -0.2) is 15.5 Å². The molecule has 0 fully saturated rings. The maximum absolute atomic E-state index is 12.5. The van der Waals surface area contributed by atoms with Crippen LogP contribution in [0.15, 0.2) is 66.7 Å². The highest BCUT2D eigenvalue weighted by atomic mass is 35.5. The predicted molar refractivity (Wildman–Crippen MR) is 118 cm³/mol. The van der Waals surface area contributed by atoms with Gasteiger partial charge in [0.15, 0.2) is 0 Å². The van der Waals surface area contributed by atoms with E-state index in [0.29, 0.717) is 28.7 Å². The van der Waals surface area contributed by atoms with Crippen LogP contribution in [-0.2, 0) is 13.1 Å². The van der Waals surface area contributed by atoms with E-state index in [1.807, 2.05) is 78.2 Å². The van der Waals surface area contributed by atoms with Gasteiger partial charge < -0.3 is 9.88 Å². The molecule has 4 rings (SSSR count). The standard InChI is InChI=1S/C23H19Cl2N3O/c1-15-9-11-16(12-10-15)23(29)26-13-22-27-20-7-2-3-8-21(20)28(22)14-17-18(24)5-4-6-19(17)25/h2-12H,13-14H2,1H3,(H,26,29). The maximum atomic E-state index is 12.5. The van der Waals surface area contributed by atoms with Crippen LogP contribution in [0.4, 0.5) is 0 Å². The molecule has 3 aromatic carbocycles. The Morgan fingerprint density at radius 1 is 0.966 bits per heavy atom. The van der Waals surface area contributed by atoms with Crippen molar-refractivity contribution in [3.05, 3.63) is 99.3 Å². The van der Waals surface area contributed by atoms with Gasteiger partial charge in [0, 0.05) is 21.2 Å². The van der Waals surface area contributed by atoms with Crippen LogP contribution in [0.5, 0.6) is 0 Å². The van der Waals surface area contributed by atoms with E-state index in [0.717, 1.165) is 28.0 Å². The van der Waals surface area contributed by atoms with E-state index in [9.17, 15) is 4.79 Å². The highest BCUT2D eigenvalue weighted by Crippen LogP contribution is 2.27. The lowest BCUT2D eigenvalue weighted by Gasteiger charge is -2.13. The smallest absolute Gasteiger partial charge is 0.251 e. The predicted octanol–water partition coefficient (Wildman–Crippen LogP) is 5.63. The first-order chi connectivity index (χ1) is 14.0. The van der Waals surface area contributed by atoms with Crippen molar-refractivity contribution in [2.24, 2.45) is 0 Å². The van der Waals surface area contributed by atoms with Gasteiger partial charge in [-0.05, 0) is 43.3 Å². The van der Waals surface area contributed by atoms with Crippen LogP contribution in [0.2, 0.25) is 10.0 Å². The number of nitrogens with one attached hydrogen (secondary N) is 1. The van der Waals surface area contributed by atoms with E-state index in [1.165, 1.54) is 0 Å². The summed E-state index contributed by atoms with van der Waals surface area (Å²) >= 11 is 12.8. The molecule has 0 aliphatic heterocycles. The summed E-state index contributed by atoms with van der Waals surface area (Å²) in [5.41, 5.74) is 4.37. The molecule has 1 aromatic heterocycles. The molecule has 0 spiro atoms. The number of nitrogens with zero attached hydrogens (tertiary/aromatic N) is 2. The number of halogens is 2. The lowest BCUT2D eigenvalue weighted by atomic mass is 10.1. The van der Waals surface area contributed by atoms with Crippen molar-refractivity contribution in [2.75, 3.05) is 0 Å². The highest BCUT2D eigenvalue weighted by Gasteiger charge is 2.15. The van der Waals surface area contributed by atoms with Gasteiger partial charge >= 0.3 is 0 Å². The lowest BCUT2D eigenvalue weighted by molar-refractivity contribution is 0.0949. The summed E-state index contributed by atoms with van der Waals surface area (Å²) in [5.74, 6) is 0.599. The van der Waals surface area contributed by atoms with Gasteiger partial charge in [0.2, 0.25) is 0 Å². The number of carbonyl (C=O) groups excluding carboxylic acids is 1. The number of benzene rings is 3. The molecule has 0 saturated heterocycles. The Kier molecular flexibility index (Phi) is 5.56. The molecule has 1 heterocycles. The molecule has 1 amide bonds. The quantitative estimate of drug-likeness (QED) is 0.451. The first-order valence-corrected chi connectivity index (χ1v) is 10.0. The van der Waals surface area contributed by atoms with E-state index in [1.54, 1.807) is 0 Å². The number of amides is 1. The van der Waals surface area contributed by atoms with Crippen LogP contribution in [0.25, 0.3) is 11.0 Å². The molecular formula is C23H19Cl2N3O. The van der Waals surface area contributed by atoms with Crippen LogP contribution in [0, 0.1) is 6.92 Å². The number of rotatable bonds is 5. The number of fused-ring (bicyclic) bond motifs is 1. The second-order valence-electron chi connectivity index (χ2n) is 6.85. The van der Waals surface area contributed by atoms with Gasteiger partial charge in [-0.25, -0.2) is 4.98 Å². The molecule has 0 radical (unpaired) electrons. The minimum Gasteiger partial charge on any atom is -0.345 e. The van der Waals surface area contributed by atoms with Crippen LogP contribution < -0.4 is 5.32 Å². The molecular weight excluding hydrogens is 405 g/mol. The number of aromatic nitrogens is 2. The zero-order chi connectivity index (χ0) is 20.4. The van der Waals surface area contributed by atoms with Crippen LogP contribution >= 0.6 is 23.2 Å². The fraction of sp³-hybridized carbons (Fsp3) is 0.130. The number of hydrogen-bond donors (Lipinski definition) is 1. The number of carbonyl (C=O) groups is 1. The topological polar surface area (TPSA) is 46.9 Å². The second kappa shape index (κ2) is 8.27. The van der Waals surface area contributed by atoms with Gasteiger partial charge in [-0.2, -0.15) is 0 Å². The minimum atomic E-state index is -0.139. The Morgan fingerprint density at radius 2 is 1.66 bits per heavy atom. The molecule has 0 aliphatic rings. The number of hydrogen-bond acceptors (Lipinski definition) is 2. The van der Waals surface area contributed by atoms with Crippen molar-refractivity contribution >= 4 is 40.1 Å². The molecule has 4 nitrogen and oxygen atoms in total. The first-order valence-electron chi connectivity index (χ1n) is 9.25. The summed E-state index contributed by atoms with van der Waals surface area (Å²) in [6.45, 7) is 2.75. The minimum absolute atomic E-state index is 0.139. The van der Waals surface area contributed by atoms with Crippen molar-refractivity contribution in [1.82, 2.24) is 14.9 Å².